The normalized spacial score (nSPS) is 20.5. The van der Waals surface area contributed by atoms with E-state index in [1.807, 2.05) is 0 Å². The lowest BCUT2D eigenvalue weighted by Crippen LogP contribution is -2.58. The van der Waals surface area contributed by atoms with E-state index in [1.54, 1.807) is 67.0 Å². The van der Waals surface area contributed by atoms with Crippen molar-refractivity contribution in [2.75, 3.05) is 6.61 Å². The number of amides is 2. The Morgan fingerprint density at radius 1 is 1.07 bits per heavy atom. The molecule has 12 heteroatoms. The minimum Gasteiger partial charge on any atom is -0.490 e. The smallest absolute Gasteiger partial charge is 0.336 e. The number of carbonyl (C=O) groups excluding carboxylic acids is 2. The van der Waals surface area contributed by atoms with Crippen LogP contribution in [0.15, 0.2) is 60.9 Å². The molecule has 0 atom stereocenters. The summed E-state index contributed by atoms with van der Waals surface area (Å²) in [5.41, 5.74) is 14.0. The molecular weight excluding hydrogens is 590 g/mol. The van der Waals surface area contributed by atoms with Gasteiger partial charge in [-0.2, -0.15) is 5.10 Å². The minimum absolute atomic E-state index is 0.0264. The molecule has 2 saturated carbocycles. The predicted molar refractivity (Wildman–Crippen MR) is 169 cm³/mol. The quantitative estimate of drug-likeness (QED) is 0.166. The van der Waals surface area contributed by atoms with Crippen LogP contribution < -0.4 is 26.3 Å². The van der Waals surface area contributed by atoms with Gasteiger partial charge in [0, 0.05) is 12.6 Å². The number of carbonyl (C=O) groups is 3. The molecule has 6 rings (SSSR count). The number of aliphatic hydroxyl groups is 1. The number of hydrogen-bond donors (Lipinski definition) is 5. The number of fused-ring (bicyclic) bond motifs is 1. The molecule has 1 spiro atoms. The Bertz CT molecular complexity index is 1830. The van der Waals surface area contributed by atoms with Crippen molar-refractivity contribution in [3.8, 4) is 22.6 Å². The van der Waals surface area contributed by atoms with Crippen LogP contribution in [0.5, 0.6) is 11.5 Å². The number of pyridine rings is 1. The lowest BCUT2D eigenvalue weighted by atomic mass is 9.53. The fourth-order valence-electron chi connectivity index (χ4n) is 6.61. The van der Waals surface area contributed by atoms with Gasteiger partial charge in [-0.3, -0.25) is 9.59 Å². The van der Waals surface area contributed by atoms with Crippen LogP contribution in [0.2, 0.25) is 0 Å². The molecule has 0 saturated heterocycles. The lowest BCUT2D eigenvalue weighted by molar-refractivity contribution is -0.0834. The molecule has 2 aromatic carbocycles. The third kappa shape index (κ3) is 6.13. The van der Waals surface area contributed by atoms with Gasteiger partial charge >= 0.3 is 5.97 Å². The first-order chi connectivity index (χ1) is 21.8. The third-order valence-corrected chi connectivity index (χ3v) is 8.80. The van der Waals surface area contributed by atoms with Crippen LogP contribution in [-0.4, -0.2) is 62.0 Å². The minimum atomic E-state index is -1.07. The van der Waals surface area contributed by atoms with Crippen molar-refractivity contribution in [3.63, 3.8) is 0 Å². The van der Waals surface area contributed by atoms with Crippen molar-refractivity contribution in [2.24, 2.45) is 16.9 Å². The van der Waals surface area contributed by atoms with E-state index in [4.69, 9.17) is 20.9 Å². The van der Waals surface area contributed by atoms with Crippen molar-refractivity contribution in [1.29, 1.82) is 0 Å². The number of aromatic nitrogens is 2. The second kappa shape index (κ2) is 11.8. The van der Waals surface area contributed by atoms with Gasteiger partial charge < -0.3 is 36.5 Å². The maximum absolute atomic E-state index is 13.1. The number of benzene rings is 2. The Kier molecular flexibility index (Phi) is 7.95. The first-order valence-electron chi connectivity index (χ1n) is 15.1. The van der Waals surface area contributed by atoms with Crippen LogP contribution in [0.4, 0.5) is 0 Å². The highest BCUT2D eigenvalue weighted by Crippen LogP contribution is 2.57. The fraction of sp³-hybridized carbons (Fsp3) is 0.353. The van der Waals surface area contributed by atoms with E-state index in [0.29, 0.717) is 39.3 Å². The van der Waals surface area contributed by atoms with Crippen LogP contribution >= 0.6 is 0 Å². The van der Waals surface area contributed by atoms with E-state index < -0.39 is 17.5 Å². The van der Waals surface area contributed by atoms with Crippen molar-refractivity contribution in [3.05, 3.63) is 83.2 Å². The molecule has 2 fully saturated rings. The molecule has 2 heterocycles. The number of ether oxygens (including phenoxy) is 2. The Balaban J connectivity index is 1.07. The molecule has 2 aliphatic rings. The topological polar surface area (TPSA) is 192 Å². The first kappa shape index (κ1) is 31.1. The summed E-state index contributed by atoms with van der Waals surface area (Å²) in [6, 6.07) is 13.5. The Morgan fingerprint density at radius 2 is 1.83 bits per heavy atom. The summed E-state index contributed by atoms with van der Waals surface area (Å²) in [5.74, 6) is -0.997. The monoisotopic (exact) mass is 627 g/mol. The zero-order valence-corrected chi connectivity index (χ0v) is 25.7. The highest BCUT2D eigenvalue weighted by molar-refractivity contribution is 6.01. The third-order valence-electron chi connectivity index (χ3n) is 8.80. The second-order valence-corrected chi connectivity index (χ2v) is 13.0. The maximum Gasteiger partial charge on any atom is 0.336 e. The van der Waals surface area contributed by atoms with Gasteiger partial charge in [-0.25, -0.2) is 9.31 Å². The van der Waals surface area contributed by atoms with Gasteiger partial charge in [0.15, 0.2) is 0 Å². The number of aromatic carboxylic acids is 1. The highest BCUT2D eigenvalue weighted by Gasteiger charge is 2.54. The molecule has 46 heavy (non-hydrogen) atoms. The van der Waals surface area contributed by atoms with Crippen molar-refractivity contribution >= 4 is 23.3 Å². The summed E-state index contributed by atoms with van der Waals surface area (Å²) < 4.78 is 13.5. The largest absolute Gasteiger partial charge is 0.490 e. The fourth-order valence-corrected chi connectivity index (χ4v) is 6.61. The molecule has 4 aromatic rings. The molecule has 0 bridgehead atoms. The van der Waals surface area contributed by atoms with Gasteiger partial charge in [-0.15, -0.1) is 0 Å². The van der Waals surface area contributed by atoms with Gasteiger partial charge in [0.25, 0.3) is 11.8 Å². The molecule has 2 aliphatic carbocycles. The molecule has 2 amide bonds. The number of rotatable bonds is 11. The zero-order chi connectivity index (χ0) is 32.8. The molecule has 2 aromatic heterocycles. The van der Waals surface area contributed by atoms with Gasteiger partial charge in [-0.1, -0.05) is 18.2 Å². The number of nitrogens with one attached hydrogen (secondary N) is 1. The molecule has 0 radical (unpaired) electrons. The number of carboxylic acids is 1. The van der Waals surface area contributed by atoms with E-state index in [2.05, 4.69) is 10.4 Å². The summed E-state index contributed by atoms with van der Waals surface area (Å²) in [4.78, 5) is 37.0. The molecule has 0 unspecified atom stereocenters. The van der Waals surface area contributed by atoms with Crippen molar-refractivity contribution < 1.29 is 34.1 Å². The van der Waals surface area contributed by atoms with Crippen molar-refractivity contribution in [2.45, 2.75) is 63.8 Å². The number of nitrogens with two attached hydrogens (primary N) is 2. The Morgan fingerprint density at radius 3 is 2.50 bits per heavy atom. The molecular formula is C34H37N5O7. The van der Waals surface area contributed by atoms with Crippen LogP contribution in [0.1, 0.15) is 76.2 Å². The number of nitrogens with zero attached hydrogens (tertiary/aromatic N) is 2. The molecule has 7 N–H and O–H groups in total. The predicted octanol–water partition coefficient (Wildman–Crippen LogP) is 3.53. The van der Waals surface area contributed by atoms with E-state index in [9.17, 15) is 24.6 Å². The van der Waals surface area contributed by atoms with E-state index in [1.165, 1.54) is 12.3 Å². The van der Waals surface area contributed by atoms with E-state index in [-0.39, 0.29) is 47.7 Å². The molecule has 12 nitrogen and oxygen atoms in total. The number of hydrogen-bond acceptors (Lipinski definition) is 8. The van der Waals surface area contributed by atoms with E-state index >= 15 is 0 Å². The van der Waals surface area contributed by atoms with Crippen LogP contribution in [0, 0.1) is 5.41 Å². The van der Waals surface area contributed by atoms with Crippen LogP contribution in [0.3, 0.4) is 0 Å². The maximum atomic E-state index is 13.1. The van der Waals surface area contributed by atoms with Gasteiger partial charge in [0.05, 0.1) is 46.3 Å². The van der Waals surface area contributed by atoms with Gasteiger partial charge in [0.1, 0.15) is 18.1 Å². The zero-order valence-electron chi connectivity index (χ0n) is 25.7. The Hall–Kier alpha value is -4.94. The van der Waals surface area contributed by atoms with Gasteiger partial charge in [-0.05, 0) is 92.0 Å². The molecule has 240 valence electrons. The summed E-state index contributed by atoms with van der Waals surface area (Å²) in [6.45, 7) is 3.48. The van der Waals surface area contributed by atoms with Crippen LogP contribution in [0.25, 0.3) is 16.6 Å². The number of carboxylic acid groups (broad SMARTS) is 1. The highest BCUT2D eigenvalue weighted by atomic mass is 16.5. The first-order valence-corrected chi connectivity index (χ1v) is 15.1. The van der Waals surface area contributed by atoms with Crippen LogP contribution in [-0.2, 0) is 6.54 Å². The summed E-state index contributed by atoms with van der Waals surface area (Å²) in [6.07, 6.45) is 6.26. The average molecular weight is 628 g/mol. The Labute approximate surface area is 265 Å². The van der Waals surface area contributed by atoms with Gasteiger partial charge in [0.2, 0.25) is 0 Å². The SMILES string of the molecule is CC(C)(O)COc1ccc2c(C(=O)NC3CC4(C3)CC(Oc3cc(-c5cccc(C(=O)O)c5CN)ccc3C(N)=O)C4)cnn2c1. The standard InChI is InChI=1S/C34H37N5O7/c1-33(2,44)18-45-21-7-9-28-27(16-37-39(28)17-21)31(41)38-20-11-34(12-20)13-22(14-34)46-29-10-19(6-8-25(29)30(36)40)23-4-3-5-24(32(42)43)26(23)15-35/h3-10,16-17,20,22,44H,11-15,18,35H2,1-2H3,(H2,36,40)(H,38,41)(H,42,43). The van der Waals surface area contributed by atoms with E-state index in [0.717, 1.165) is 25.7 Å². The molecule has 0 aliphatic heterocycles. The second-order valence-electron chi connectivity index (χ2n) is 13.0. The summed E-state index contributed by atoms with van der Waals surface area (Å²) in [7, 11) is 0. The number of primary amides is 1. The summed E-state index contributed by atoms with van der Waals surface area (Å²) in [5, 5.41) is 26.9. The average Bonchev–Trinajstić information content (AvgIpc) is 3.40. The van der Waals surface area contributed by atoms with Crippen molar-refractivity contribution in [1.82, 2.24) is 14.9 Å². The lowest BCUT2D eigenvalue weighted by Gasteiger charge is -2.57. The summed E-state index contributed by atoms with van der Waals surface area (Å²) >= 11 is 0.